The maximum absolute atomic E-state index is 11.8. The lowest BCUT2D eigenvalue weighted by atomic mass is 10.3. The van der Waals surface area contributed by atoms with Gasteiger partial charge in [0.05, 0.1) is 19.6 Å². The summed E-state index contributed by atoms with van der Waals surface area (Å²) in [5.41, 5.74) is 0. The van der Waals surface area contributed by atoms with Crippen LogP contribution in [-0.2, 0) is 9.59 Å². The van der Waals surface area contributed by atoms with Crippen molar-refractivity contribution >= 4 is 23.4 Å². The molecule has 0 unspecified atom stereocenters. The SMILES string of the molecule is O=C1CN(C(=O)CCOc2ccc(Cl)cc2)CCN1. The Kier molecular flexibility index (Phi) is 4.63. The predicted octanol–water partition coefficient (Wildman–Crippen LogP) is 1.07. The van der Waals surface area contributed by atoms with E-state index in [1.54, 1.807) is 29.2 Å². The van der Waals surface area contributed by atoms with E-state index >= 15 is 0 Å². The molecule has 0 radical (unpaired) electrons. The fourth-order valence-electron chi connectivity index (χ4n) is 1.80. The Morgan fingerprint density at radius 1 is 1.37 bits per heavy atom. The third-order valence-electron chi connectivity index (χ3n) is 2.79. The Morgan fingerprint density at radius 3 is 2.79 bits per heavy atom. The highest BCUT2D eigenvalue weighted by atomic mass is 35.5. The Labute approximate surface area is 116 Å². The molecule has 1 aromatic rings. The molecule has 1 aliphatic rings. The zero-order chi connectivity index (χ0) is 13.7. The van der Waals surface area contributed by atoms with E-state index in [-0.39, 0.29) is 24.8 Å². The number of carbonyl (C=O) groups is 2. The second kappa shape index (κ2) is 6.43. The molecule has 102 valence electrons. The van der Waals surface area contributed by atoms with Gasteiger partial charge in [0, 0.05) is 18.1 Å². The average Bonchev–Trinajstić information content (AvgIpc) is 2.41. The molecule has 1 aromatic carbocycles. The molecule has 1 saturated heterocycles. The highest BCUT2D eigenvalue weighted by molar-refractivity contribution is 6.30. The Balaban J connectivity index is 1.74. The predicted molar refractivity (Wildman–Crippen MR) is 71.2 cm³/mol. The summed E-state index contributed by atoms with van der Waals surface area (Å²) in [5, 5.41) is 3.32. The number of nitrogens with one attached hydrogen (secondary N) is 1. The van der Waals surface area contributed by atoms with Gasteiger partial charge in [-0.1, -0.05) is 11.6 Å². The van der Waals surface area contributed by atoms with Crippen molar-refractivity contribution in [1.29, 1.82) is 0 Å². The quantitative estimate of drug-likeness (QED) is 0.899. The first-order valence-electron chi connectivity index (χ1n) is 6.08. The minimum atomic E-state index is -0.113. The number of amides is 2. The maximum atomic E-state index is 11.8. The van der Waals surface area contributed by atoms with Gasteiger partial charge in [-0.25, -0.2) is 0 Å². The molecule has 0 aliphatic carbocycles. The largest absolute Gasteiger partial charge is 0.493 e. The monoisotopic (exact) mass is 282 g/mol. The normalized spacial score (nSPS) is 15.0. The number of hydrogen-bond donors (Lipinski definition) is 1. The van der Waals surface area contributed by atoms with Crippen LogP contribution >= 0.6 is 11.6 Å². The molecule has 2 amide bonds. The van der Waals surface area contributed by atoms with Gasteiger partial charge in [0.1, 0.15) is 5.75 Å². The summed E-state index contributed by atoms with van der Waals surface area (Å²) in [7, 11) is 0. The highest BCUT2D eigenvalue weighted by Crippen LogP contribution is 2.15. The summed E-state index contributed by atoms with van der Waals surface area (Å²) in [6.45, 7) is 1.51. The van der Waals surface area contributed by atoms with Gasteiger partial charge in [-0.15, -0.1) is 0 Å². The molecule has 1 N–H and O–H groups in total. The molecule has 1 heterocycles. The third kappa shape index (κ3) is 4.13. The number of ether oxygens (including phenoxy) is 1. The number of halogens is 1. The van der Waals surface area contributed by atoms with Crippen molar-refractivity contribution in [2.45, 2.75) is 6.42 Å². The molecule has 6 heteroatoms. The molecular formula is C13H15ClN2O3. The minimum Gasteiger partial charge on any atom is -0.493 e. The van der Waals surface area contributed by atoms with E-state index < -0.39 is 0 Å². The number of piperazine rings is 1. The Bertz CT molecular complexity index is 461. The van der Waals surface area contributed by atoms with Gasteiger partial charge in [0.25, 0.3) is 0 Å². The third-order valence-corrected chi connectivity index (χ3v) is 3.04. The fourth-order valence-corrected chi connectivity index (χ4v) is 1.92. The van der Waals surface area contributed by atoms with Gasteiger partial charge in [-0.05, 0) is 24.3 Å². The van der Waals surface area contributed by atoms with Crippen molar-refractivity contribution in [3.8, 4) is 5.75 Å². The van der Waals surface area contributed by atoms with E-state index in [1.807, 2.05) is 0 Å². The zero-order valence-electron chi connectivity index (χ0n) is 10.4. The first-order chi connectivity index (χ1) is 9.15. The lowest BCUT2D eigenvalue weighted by molar-refractivity contribution is -0.138. The van der Waals surface area contributed by atoms with Crippen LogP contribution in [-0.4, -0.2) is 43.0 Å². The lowest BCUT2D eigenvalue weighted by Gasteiger charge is -2.26. The molecule has 0 aromatic heterocycles. The summed E-state index contributed by atoms with van der Waals surface area (Å²) in [6.07, 6.45) is 0.260. The van der Waals surface area contributed by atoms with Gasteiger partial charge >= 0.3 is 0 Å². The molecule has 0 saturated carbocycles. The Hall–Kier alpha value is -1.75. The minimum absolute atomic E-state index is 0.0659. The van der Waals surface area contributed by atoms with Gasteiger partial charge in [-0.2, -0.15) is 0 Å². The van der Waals surface area contributed by atoms with Crippen LogP contribution in [0.3, 0.4) is 0 Å². The molecule has 0 bridgehead atoms. The maximum Gasteiger partial charge on any atom is 0.239 e. The topological polar surface area (TPSA) is 58.6 Å². The molecule has 19 heavy (non-hydrogen) atoms. The second-order valence-electron chi connectivity index (χ2n) is 4.22. The smallest absolute Gasteiger partial charge is 0.239 e. The van der Waals surface area contributed by atoms with Crippen LogP contribution in [0.5, 0.6) is 5.75 Å². The number of carbonyl (C=O) groups excluding carboxylic acids is 2. The van der Waals surface area contributed by atoms with Crippen molar-refractivity contribution in [1.82, 2.24) is 10.2 Å². The van der Waals surface area contributed by atoms with Gasteiger partial charge in [-0.3, -0.25) is 9.59 Å². The van der Waals surface area contributed by atoms with Gasteiger partial charge in [0.15, 0.2) is 0 Å². The van der Waals surface area contributed by atoms with Crippen LogP contribution in [0, 0.1) is 0 Å². The van der Waals surface area contributed by atoms with Crippen LogP contribution in [0.4, 0.5) is 0 Å². The van der Waals surface area contributed by atoms with E-state index in [2.05, 4.69) is 5.32 Å². The van der Waals surface area contributed by atoms with Crippen LogP contribution in [0.1, 0.15) is 6.42 Å². The number of nitrogens with zero attached hydrogens (tertiary/aromatic N) is 1. The summed E-state index contributed by atoms with van der Waals surface area (Å²) in [4.78, 5) is 24.5. The summed E-state index contributed by atoms with van der Waals surface area (Å²) in [6, 6.07) is 6.96. The van der Waals surface area contributed by atoms with E-state index in [0.717, 1.165) is 0 Å². The summed E-state index contributed by atoms with van der Waals surface area (Å²) < 4.78 is 5.44. The van der Waals surface area contributed by atoms with Crippen molar-refractivity contribution in [3.63, 3.8) is 0 Å². The Morgan fingerprint density at radius 2 is 2.11 bits per heavy atom. The molecule has 1 aliphatic heterocycles. The standard InChI is InChI=1S/C13H15ClN2O3/c14-10-1-3-11(4-2-10)19-8-5-13(18)16-7-6-15-12(17)9-16/h1-4H,5-9H2,(H,15,17). The molecule has 1 fully saturated rings. The van der Waals surface area contributed by atoms with E-state index in [4.69, 9.17) is 16.3 Å². The van der Waals surface area contributed by atoms with Crippen LogP contribution < -0.4 is 10.1 Å². The van der Waals surface area contributed by atoms with E-state index in [1.165, 1.54) is 0 Å². The van der Waals surface area contributed by atoms with Crippen molar-refractivity contribution in [3.05, 3.63) is 29.3 Å². The molecule has 0 spiro atoms. The van der Waals surface area contributed by atoms with Crippen LogP contribution in [0.2, 0.25) is 5.02 Å². The fraction of sp³-hybridized carbons (Fsp3) is 0.385. The first-order valence-corrected chi connectivity index (χ1v) is 6.46. The molecule has 2 rings (SSSR count). The molecule has 5 nitrogen and oxygen atoms in total. The number of rotatable bonds is 4. The average molecular weight is 283 g/mol. The van der Waals surface area contributed by atoms with Crippen molar-refractivity contribution in [2.24, 2.45) is 0 Å². The van der Waals surface area contributed by atoms with Crippen molar-refractivity contribution < 1.29 is 14.3 Å². The number of hydrogen-bond acceptors (Lipinski definition) is 3. The number of benzene rings is 1. The van der Waals surface area contributed by atoms with Crippen LogP contribution in [0.15, 0.2) is 24.3 Å². The van der Waals surface area contributed by atoms with Crippen LogP contribution in [0.25, 0.3) is 0 Å². The lowest BCUT2D eigenvalue weighted by Crippen LogP contribution is -2.50. The molecular weight excluding hydrogens is 268 g/mol. The molecule has 0 atom stereocenters. The van der Waals surface area contributed by atoms with Crippen molar-refractivity contribution in [2.75, 3.05) is 26.2 Å². The first kappa shape index (κ1) is 13.7. The summed E-state index contributed by atoms with van der Waals surface area (Å²) in [5.74, 6) is 0.496. The zero-order valence-corrected chi connectivity index (χ0v) is 11.2. The van der Waals surface area contributed by atoms with Gasteiger partial charge in [0.2, 0.25) is 11.8 Å². The second-order valence-corrected chi connectivity index (χ2v) is 4.65. The van der Waals surface area contributed by atoms with Gasteiger partial charge < -0.3 is 15.0 Å². The van der Waals surface area contributed by atoms with E-state index in [9.17, 15) is 9.59 Å². The van der Waals surface area contributed by atoms with E-state index in [0.29, 0.717) is 30.5 Å². The highest BCUT2D eigenvalue weighted by Gasteiger charge is 2.20. The summed E-state index contributed by atoms with van der Waals surface area (Å²) >= 11 is 5.76.